The lowest BCUT2D eigenvalue weighted by Gasteiger charge is -2.08. The molecule has 0 saturated carbocycles. The third-order valence-corrected chi connectivity index (χ3v) is 2.62. The fourth-order valence-electron chi connectivity index (χ4n) is 1.53. The first-order valence-electron chi connectivity index (χ1n) is 6.72. The first kappa shape index (κ1) is 17.1. The van der Waals surface area contributed by atoms with Crippen LogP contribution in [0.15, 0.2) is 29.4 Å². The Bertz CT molecular complexity index is 445. The normalized spacial score (nSPS) is 12.8. The van der Waals surface area contributed by atoms with Crippen molar-refractivity contribution >= 4 is 12.0 Å². The molecule has 0 aliphatic rings. The number of nitrogens with zero attached hydrogens (tertiary/aromatic N) is 1. The van der Waals surface area contributed by atoms with Crippen molar-refractivity contribution in [1.29, 1.82) is 0 Å². The maximum absolute atomic E-state index is 10.5. The van der Waals surface area contributed by atoms with Gasteiger partial charge in [-0.3, -0.25) is 0 Å². The summed E-state index contributed by atoms with van der Waals surface area (Å²) in [7, 11) is 1.61. The average Bonchev–Trinajstić information content (AvgIpc) is 2.50. The van der Waals surface area contributed by atoms with E-state index in [1.165, 1.54) is 0 Å². The Hall–Kier alpha value is -1.92. The van der Waals surface area contributed by atoms with E-state index >= 15 is 0 Å². The minimum atomic E-state index is -0.463. The largest absolute Gasteiger partial charge is 0.488 e. The fraction of sp³-hybridized carbons (Fsp3) is 0.467. The van der Waals surface area contributed by atoms with Crippen LogP contribution in [-0.2, 0) is 20.8 Å². The van der Waals surface area contributed by atoms with Gasteiger partial charge in [-0.15, -0.1) is 0 Å². The Balaban J connectivity index is 2.36. The van der Waals surface area contributed by atoms with Crippen molar-refractivity contribution in [3.05, 3.63) is 29.8 Å². The molecular weight excluding hydrogens is 272 g/mol. The third-order valence-electron chi connectivity index (χ3n) is 2.62. The van der Waals surface area contributed by atoms with Gasteiger partial charge in [0.2, 0.25) is 0 Å². The van der Waals surface area contributed by atoms with Gasteiger partial charge in [0.05, 0.1) is 18.4 Å². The Kier molecular flexibility index (Phi) is 8.08. The van der Waals surface area contributed by atoms with E-state index < -0.39 is 6.04 Å². The molecule has 0 spiro atoms. The smallest absolute Gasteiger partial charge is 0.140 e. The SMILES string of the molecule is COCCO/N=C(\C)COc1ccc(C[C@H](N)C=O)cc1. The van der Waals surface area contributed by atoms with E-state index in [1.54, 1.807) is 7.11 Å². The molecule has 6 heteroatoms. The van der Waals surface area contributed by atoms with Crippen LogP contribution in [0.25, 0.3) is 0 Å². The summed E-state index contributed by atoms with van der Waals surface area (Å²) in [4.78, 5) is 15.5. The number of oxime groups is 1. The van der Waals surface area contributed by atoms with E-state index in [-0.39, 0.29) is 0 Å². The van der Waals surface area contributed by atoms with Gasteiger partial charge >= 0.3 is 0 Å². The summed E-state index contributed by atoms with van der Waals surface area (Å²) in [5.74, 6) is 0.727. The highest BCUT2D eigenvalue weighted by atomic mass is 16.6. The number of benzene rings is 1. The van der Waals surface area contributed by atoms with Crippen molar-refractivity contribution in [2.75, 3.05) is 26.9 Å². The van der Waals surface area contributed by atoms with Gasteiger partial charge < -0.3 is 24.8 Å². The van der Waals surface area contributed by atoms with Crippen LogP contribution in [0.4, 0.5) is 0 Å². The maximum Gasteiger partial charge on any atom is 0.140 e. The monoisotopic (exact) mass is 294 g/mol. The minimum absolute atomic E-state index is 0.347. The Labute approximate surface area is 124 Å². The van der Waals surface area contributed by atoms with E-state index in [1.807, 2.05) is 31.2 Å². The Morgan fingerprint density at radius 3 is 2.67 bits per heavy atom. The van der Waals surface area contributed by atoms with Crippen molar-refractivity contribution in [3.63, 3.8) is 0 Å². The van der Waals surface area contributed by atoms with Gasteiger partial charge in [-0.25, -0.2) is 0 Å². The van der Waals surface area contributed by atoms with Gasteiger partial charge in [-0.05, 0) is 31.0 Å². The quantitative estimate of drug-likeness (QED) is 0.303. The molecule has 116 valence electrons. The lowest BCUT2D eigenvalue weighted by atomic mass is 10.1. The number of carbonyl (C=O) groups is 1. The van der Waals surface area contributed by atoms with Gasteiger partial charge in [0.25, 0.3) is 0 Å². The van der Waals surface area contributed by atoms with Gasteiger partial charge in [0, 0.05) is 7.11 Å². The predicted octanol–water partition coefficient (Wildman–Crippen LogP) is 1.17. The minimum Gasteiger partial charge on any atom is -0.488 e. The number of methoxy groups -OCH3 is 1. The lowest BCUT2D eigenvalue weighted by Crippen LogP contribution is -2.23. The molecule has 0 heterocycles. The number of nitrogens with two attached hydrogens (primary N) is 1. The summed E-state index contributed by atoms with van der Waals surface area (Å²) in [5, 5.41) is 3.90. The molecule has 1 aromatic carbocycles. The molecular formula is C15H22N2O4. The predicted molar refractivity (Wildman–Crippen MR) is 80.6 cm³/mol. The van der Waals surface area contributed by atoms with E-state index in [0.717, 1.165) is 23.3 Å². The number of rotatable bonds is 10. The van der Waals surface area contributed by atoms with Gasteiger partial charge in [-0.2, -0.15) is 0 Å². The second-order valence-corrected chi connectivity index (χ2v) is 4.59. The highest BCUT2D eigenvalue weighted by Crippen LogP contribution is 2.13. The van der Waals surface area contributed by atoms with Crippen molar-refractivity contribution in [1.82, 2.24) is 0 Å². The van der Waals surface area contributed by atoms with E-state index in [9.17, 15) is 4.79 Å². The second-order valence-electron chi connectivity index (χ2n) is 4.59. The third kappa shape index (κ3) is 7.43. The van der Waals surface area contributed by atoms with Crippen LogP contribution in [-0.4, -0.2) is 45.0 Å². The molecule has 0 aromatic heterocycles. The molecule has 0 saturated heterocycles. The number of hydrogen-bond acceptors (Lipinski definition) is 6. The molecule has 0 unspecified atom stereocenters. The molecule has 0 bridgehead atoms. The Morgan fingerprint density at radius 1 is 1.33 bits per heavy atom. The zero-order valence-corrected chi connectivity index (χ0v) is 12.5. The number of ether oxygens (including phenoxy) is 2. The van der Waals surface area contributed by atoms with Crippen LogP contribution < -0.4 is 10.5 Å². The van der Waals surface area contributed by atoms with E-state index in [4.69, 9.17) is 20.0 Å². The van der Waals surface area contributed by atoms with E-state index in [2.05, 4.69) is 5.16 Å². The molecule has 1 atom stereocenters. The summed E-state index contributed by atoms with van der Waals surface area (Å²) < 4.78 is 10.4. The van der Waals surface area contributed by atoms with Crippen LogP contribution in [0.3, 0.4) is 0 Å². The molecule has 6 nitrogen and oxygen atoms in total. The molecule has 0 radical (unpaired) electrons. The second kappa shape index (κ2) is 9.90. The van der Waals surface area contributed by atoms with Gasteiger partial charge in [-0.1, -0.05) is 17.3 Å². The van der Waals surface area contributed by atoms with Crippen molar-refractivity contribution in [2.45, 2.75) is 19.4 Å². The van der Waals surface area contributed by atoms with Crippen molar-refractivity contribution in [3.8, 4) is 5.75 Å². The zero-order valence-electron chi connectivity index (χ0n) is 12.5. The van der Waals surface area contributed by atoms with Crippen LogP contribution in [0.5, 0.6) is 5.75 Å². The molecule has 0 aliphatic carbocycles. The summed E-state index contributed by atoms with van der Waals surface area (Å²) >= 11 is 0. The first-order valence-corrected chi connectivity index (χ1v) is 6.72. The molecule has 0 amide bonds. The molecule has 1 aromatic rings. The fourth-order valence-corrected chi connectivity index (χ4v) is 1.53. The van der Waals surface area contributed by atoms with Crippen LogP contribution in [0.1, 0.15) is 12.5 Å². The number of carbonyl (C=O) groups excluding carboxylic acids is 1. The molecule has 0 fully saturated rings. The van der Waals surface area contributed by atoms with Crippen LogP contribution in [0, 0.1) is 0 Å². The van der Waals surface area contributed by atoms with Crippen LogP contribution >= 0.6 is 0 Å². The highest BCUT2D eigenvalue weighted by molar-refractivity contribution is 5.82. The summed E-state index contributed by atoms with van der Waals surface area (Å²) in [6, 6.07) is 6.99. The summed E-state index contributed by atoms with van der Waals surface area (Å²) in [5.41, 5.74) is 7.30. The van der Waals surface area contributed by atoms with Gasteiger partial charge in [0.15, 0.2) is 0 Å². The Morgan fingerprint density at radius 2 is 2.05 bits per heavy atom. The highest BCUT2D eigenvalue weighted by Gasteiger charge is 2.03. The standard InChI is InChI=1S/C15H22N2O4/c1-12(17-21-8-7-19-2)11-20-15-5-3-13(4-6-15)9-14(16)10-18/h3-6,10,14H,7-9,11,16H2,1-2H3/b17-12+/t14-/m0/s1. The number of aldehydes is 1. The van der Waals surface area contributed by atoms with Gasteiger partial charge in [0.1, 0.15) is 25.2 Å². The van der Waals surface area contributed by atoms with Crippen molar-refractivity contribution < 1.29 is 19.1 Å². The number of hydrogen-bond donors (Lipinski definition) is 1. The average molecular weight is 294 g/mol. The summed E-state index contributed by atoms with van der Waals surface area (Å²) in [6.45, 7) is 3.09. The summed E-state index contributed by atoms with van der Waals surface area (Å²) in [6.07, 6.45) is 1.27. The maximum atomic E-state index is 10.5. The van der Waals surface area contributed by atoms with Crippen LogP contribution in [0.2, 0.25) is 0 Å². The molecule has 21 heavy (non-hydrogen) atoms. The molecule has 0 aliphatic heterocycles. The topological polar surface area (TPSA) is 83.1 Å². The zero-order chi connectivity index (χ0) is 15.5. The molecule has 1 rings (SSSR count). The lowest BCUT2D eigenvalue weighted by molar-refractivity contribution is -0.108. The van der Waals surface area contributed by atoms with Crippen molar-refractivity contribution in [2.24, 2.45) is 10.9 Å². The molecule has 2 N–H and O–H groups in total. The van der Waals surface area contributed by atoms with E-state index in [0.29, 0.717) is 26.2 Å². The first-order chi connectivity index (χ1) is 10.2.